The van der Waals surface area contributed by atoms with Crippen LogP contribution in [-0.2, 0) is 6.67 Å². The first-order chi connectivity index (χ1) is 9.89. The second-order valence-corrected chi connectivity index (χ2v) is 4.47. The number of ether oxygens (including phenoxy) is 1. The maximum absolute atomic E-state index is 12.5. The maximum Gasteiger partial charge on any atom is 0.573 e. The molecule has 0 atom stereocenters. The molecule has 1 aromatic heterocycles. The van der Waals surface area contributed by atoms with Gasteiger partial charge in [0.15, 0.2) is 0 Å². The second-order valence-electron chi connectivity index (χ2n) is 3.71. The van der Waals surface area contributed by atoms with Gasteiger partial charge in [0, 0.05) is 11.8 Å². The highest BCUT2D eigenvalue weighted by Gasteiger charge is 2.31. The lowest BCUT2D eigenvalue weighted by Gasteiger charge is -2.10. The van der Waals surface area contributed by atoms with Crippen molar-refractivity contribution in [1.29, 1.82) is 0 Å². The summed E-state index contributed by atoms with van der Waals surface area (Å²) in [6.45, 7) is -0.962. The molecule has 5 nitrogen and oxygen atoms in total. The Morgan fingerprint density at radius 2 is 2.14 bits per heavy atom. The van der Waals surface area contributed by atoms with Gasteiger partial charge in [-0.15, -0.1) is 18.3 Å². The quantitative estimate of drug-likeness (QED) is 0.879. The van der Waals surface area contributed by atoms with E-state index in [0.29, 0.717) is 11.5 Å². The summed E-state index contributed by atoms with van der Waals surface area (Å²) >= 11 is 0.691. The fourth-order valence-corrected chi connectivity index (χ4v) is 1.98. The predicted molar refractivity (Wildman–Crippen MR) is 65.8 cm³/mol. The molecular weight excluding hydrogens is 314 g/mol. The van der Waals surface area contributed by atoms with Crippen LogP contribution in [0, 0.1) is 0 Å². The number of benzene rings is 1. The first kappa shape index (κ1) is 15.2. The van der Waals surface area contributed by atoms with Crippen molar-refractivity contribution in [3.8, 4) is 5.75 Å². The van der Waals surface area contributed by atoms with Gasteiger partial charge in [0.25, 0.3) is 5.91 Å². The normalized spacial score (nSPS) is 11.2. The molecule has 0 bridgehead atoms. The van der Waals surface area contributed by atoms with Crippen molar-refractivity contribution in [3.63, 3.8) is 0 Å². The SMILES string of the molecule is O=C(Nc1cccc(OC(F)(F)F)c1)c1snnc1CF. The maximum atomic E-state index is 12.5. The van der Waals surface area contributed by atoms with Crippen molar-refractivity contribution < 1.29 is 27.1 Å². The van der Waals surface area contributed by atoms with Gasteiger partial charge in [-0.25, -0.2) is 4.39 Å². The van der Waals surface area contributed by atoms with Gasteiger partial charge in [0.2, 0.25) is 0 Å². The van der Waals surface area contributed by atoms with Crippen molar-refractivity contribution in [2.75, 3.05) is 5.32 Å². The van der Waals surface area contributed by atoms with Gasteiger partial charge < -0.3 is 10.1 Å². The van der Waals surface area contributed by atoms with E-state index < -0.39 is 24.7 Å². The largest absolute Gasteiger partial charge is 0.573 e. The van der Waals surface area contributed by atoms with E-state index in [1.54, 1.807) is 0 Å². The van der Waals surface area contributed by atoms with Gasteiger partial charge in [-0.2, -0.15) is 0 Å². The van der Waals surface area contributed by atoms with Crippen LogP contribution in [0.3, 0.4) is 0 Å². The molecule has 1 amide bonds. The molecule has 0 aliphatic rings. The zero-order valence-electron chi connectivity index (χ0n) is 10.1. The van der Waals surface area contributed by atoms with E-state index >= 15 is 0 Å². The number of rotatable bonds is 4. The van der Waals surface area contributed by atoms with E-state index in [0.717, 1.165) is 12.1 Å². The van der Waals surface area contributed by atoms with Gasteiger partial charge in [-0.1, -0.05) is 10.6 Å². The summed E-state index contributed by atoms with van der Waals surface area (Å²) in [4.78, 5) is 11.8. The smallest absolute Gasteiger partial charge is 0.406 e. The number of halogens is 4. The van der Waals surface area contributed by atoms with Crippen molar-refractivity contribution in [3.05, 3.63) is 34.8 Å². The van der Waals surface area contributed by atoms with Crippen LogP contribution in [0.4, 0.5) is 23.2 Å². The van der Waals surface area contributed by atoms with Crippen LogP contribution >= 0.6 is 11.5 Å². The van der Waals surface area contributed by atoms with E-state index in [1.165, 1.54) is 12.1 Å². The van der Waals surface area contributed by atoms with Crippen LogP contribution in [0.2, 0.25) is 0 Å². The highest BCUT2D eigenvalue weighted by molar-refractivity contribution is 7.08. The fourth-order valence-electron chi connectivity index (χ4n) is 1.43. The predicted octanol–water partition coefficient (Wildman–Crippen LogP) is 3.16. The minimum atomic E-state index is -4.83. The Bertz CT molecular complexity index is 644. The number of aromatic nitrogens is 2. The zero-order valence-corrected chi connectivity index (χ0v) is 11.0. The number of nitrogens with zero attached hydrogens (tertiary/aromatic N) is 2. The lowest BCUT2D eigenvalue weighted by molar-refractivity contribution is -0.274. The van der Waals surface area contributed by atoms with Crippen LogP contribution in [0.25, 0.3) is 0 Å². The van der Waals surface area contributed by atoms with Gasteiger partial charge in [0.1, 0.15) is 23.0 Å². The number of anilines is 1. The zero-order chi connectivity index (χ0) is 15.5. The summed E-state index contributed by atoms with van der Waals surface area (Å²) in [5.74, 6) is -1.18. The molecule has 0 aliphatic carbocycles. The average Bonchev–Trinajstić information content (AvgIpc) is 2.85. The molecule has 21 heavy (non-hydrogen) atoms. The molecule has 0 fully saturated rings. The van der Waals surface area contributed by atoms with Gasteiger partial charge in [-0.3, -0.25) is 4.79 Å². The molecule has 0 unspecified atom stereocenters. The first-order valence-electron chi connectivity index (χ1n) is 5.43. The van der Waals surface area contributed by atoms with E-state index in [9.17, 15) is 22.4 Å². The number of hydrogen-bond donors (Lipinski definition) is 1. The molecule has 1 N–H and O–H groups in total. The van der Waals surface area contributed by atoms with Crippen LogP contribution in [0.1, 0.15) is 15.4 Å². The number of alkyl halides is 4. The molecule has 10 heteroatoms. The minimum absolute atomic E-state index is 0.0420. The molecule has 0 aliphatic heterocycles. The molecule has 0 radical (unpaired) electrons. The summed E-state index contributed by atoms with van der Waals surface area (Å²) < 4.78 is 56.0. The number of hydrogen-bond acceptors (Lipinski definition) is 5. The average molecular weight is 321 g/mol. The topological polar surface area (TPSA) is 64.1 Å². The van der Waals surface area contributed by atoms with Crippen LogP contribution in [0.5, 0.6) is 5.75 Å². The number of amides is 1. The Balaban J connectivity index is 2.13. The molecule has 112 valence electrons. The Kier molecular flexibility index (Phi) is 4.36. The fraction of sp³-hybridized carbons (Fsp3) is 0.182. The Morgan fingerprint density at radius 3 is 2.81 bits per heavy atom. The lowest BCUT2D eigenvalue weighted by Crippen LogP contribution is -2.17. The van der Waals surface area contributed by atoms with Gasteiger partial charge in [-0.05, 0) is 23.7 Å². The molecule has 1 heterocycles. The number of nitrogens with one attached hydrogen (secondary N) is 1. The Hall–Kier alpha value is -2.23. The molecular formula is C11H7F4N3O2S. The van der Waals surface area contributed by atoms with Gasteiger partial charge >= 0.3 is 6.36 Å². The first-order valence-corrected chi connectivity index (χ1v) is 6.21. The molecule has 2 rings (SSSR count). The third kappa shape index (κ3) is 4.12. The molecule has 0 saturated carbocycles. The summed E-state index contributed by atoms with van der Waals surface area (Å²) in [6, 6.07) is 4.72. The summed E-state index contributed by atoms with van der Waals surface area (Å²) in [5, 5.41) is 5.75. The van der Waals surface area contributed by atoms with Crippen molar-refractivity contribution in [1.82, 2.24) is 9.59 Å². The summed E-state index contributed by atoms with van der Waals surface area (Å²) in [5.41, 5.74) is -0.0554. The third-order valence-corrected chi connectivity index (χ3v) is 2.98. The summed E-state index contributed by atoms with van der Waals surface area (Å²) in [6.07, 6.45) is -4.83. The van der Waals surface area contributed by atoms with Crippen LogP contribution < -0.4 is 10.1 Å². The van der Waals surface area contributed by atoms with E-state index in [-0.39, 0.29) is 16.3 Å². The Morgan fingerprint density at radius 1 is 1.38 bits per heavy atom. The van der Waals surface area contributed by atoms with Crippen LogP contribution in [0.15, 0.2) is 24.3 Å². The van der Waals surface area contributed by atoms with E-state index in [4.69, 9.17) is 0 Å². The van der Waals surface area contributed by atoms with E-state index in [1.807, 2.05) is 0 Å². The van der Waals surface area contributed by atoms with Crippen molar-refractivity contribution in [2.45, 2.75) is 13.0 Å². The lowest BCUT2D eigenvalue weighted by atomic mass is 10.3. The standard InChI is InChI=1S/C11H7F4N3O2S/c12-5-8-9(21-18-17-8)10(19)16-6-2-1-3-7(4-6)20-11(13,14)15/h1-4H,5H2,(H,16,19). The van der Waals surface area contributed by atoms with E-state index in [2.05, 4.69) is 19.6 Å². The monoisotopic (exact) mass is 321 g/mol. The summed E-state index contributed by atoms with van der Waals surface area (Å²) in [7, 11) is 0. The molecule has 0 spiro atoms. The van der Waals surface area contributed by atoms with Crippen molar-refractivity contribution in [2.24, 2.45) is 0 Å². The highest BCUT2D eigenvalue weighted by Crippen LogP contribution is 2.25. The molecule has 1 aromatic carbocycles. The minimum Gasteiger partial charge on any atom is -0.406 e. The third-order valence-electron chi connectivity index (χ3n) is 2.21. The second kappa shape index (κ2) is 6.04. The number of carbonyl (C=O) groups excluding carboxylic acids is 1. The Labute approximate surface area is 119 Å². The molecule has 0 saturated heterocycles. The molecule has 2 aromatic rings. The highest BCUT2D eigenvalue weighted by atomic mass is 32.1. The van der Waals surface area contributed by atoms with Gasteiger partial charge in [0.05, 0.1) is 0 Å². The van der Waals surface area contributed by atoms with Crippen LogP contribution in [-0.4, -0.2) is 21.9 Å². The van der Waals surface area contributed by atoms with Crippen molar-refractivity contribution >= 4 is 23.1 Å². The number of carbonyl (C=O) groups is 1.